The summed E-state index contributed by atoms with van der Waals surface area (Å²) in [7, 11) is 0. The van der Waals surface area contributed by atoms with Crippen LogP contribution in [0.3, 0.4) is 0 Å². The van der Waals surface area contributed by atoms with Crippen LogP contribution in [0.1, 0.15) is 13.8 Å². The van der Waals surface area contributed by atoms with Crippen molar-refractivity contribution in [1.82, 2.24) is 0 Å². The molecule has 48 valence electrons. The lowest BCUT2D eigenvalue weighted by Gasteiger charge is -2.31. The van der Waals surface area contributed by atoms with Gasteiger partial charge >= 0.3 is 0 Å². The van der Waals surface area contributed by atoms with Gasteiger partial charge in [-0.3, -0.25) is 9.59 Å². The van der Waals surface area contributed by atoms with Gasteiger partial charge in [0.15, 0.2) is 11.6 Å². The number of allylic oxidation sites excluding steroid dienone is 1. The Hall–Kier alpha value is -0.920. The van der Waals surface area contributed by atoms with Crippen LogP contribution < -0.4 is 0 Å². The lowest BCUT2D eigenvalue weighted by atomic mass is 9.66. The molecule has 2 heteroatoms. The van der Waals surface area contributed by atoms with E-state index in [1.54, 1.807) is 13.8 Å². The van der Waals surface area contributed by atoms with Crippen molar-refractivity contribution in [2.45, 2.75) is 13.8 Å². The van der Waals surface area contributed by atoms with Gasteiger partial charge in [-0.1, -0.05) is 6.58 Å². The normalized spacial score (nSPS) is 24.0. The third-order valence-corrected chi connectivity index (χ3v) is 1.68. The van der Waals surface area contributed by atoms with Crippen LogP contribution in [0.2, 0.25) is 0 Å². The van der Waals surface area contributed by atoms with Crippen LogP contribution in [-0.2, 0) is 9.59 Å². The molecule has 0 aromatic heterocycles. The molecular formula is C7H8O2. The van der Waals surface area contributed by atoms with E-state index in [4.69, 9.17) is 0 Å². The second kappa shape index (κ2) is 1.32. The Labute approximate surface area is 53.6 Å². The predicted molar refractivity (Wildman–Crippen MR) is 32.9 cm³/mol. The fourth-order valence-electron chi connectivity index (χ4n) is 0.898. The van der Waals surface area contributed by atoms with Crippen molar-refractivity contribution in [3.8, 4) is 0 Å². The SMILES string of the molecule is C=C1C(=O)C(C)(C)C1=O. The molecule has 9 heavy (non-hydrogen) atoms. The van der Waals surface area contributed by atoms with Crippen molar-refractivity contribution in [2.24, 2.45) is 5.41 Å². The third-order valence-electron chi connectivity index (χ3n) is 1.68. The van der Waals surface area contributed by atoms with E-state index in [1.807, 2.05) is 0 Å². The minimum atomic E-state index is -0.767. The van der Waals surface area contributed by atoms with Gasteiger partial charge in [-0.15, -0.1) is 0 Å². The summed E-state index contributed by atoms with van der Waals surface area (Å²) < 4.78 is 0. The number of rotatable bonds is 0. The average molecular weight is 124 g/mol. The molecule has 1 rings (SSSR count). The zero-order valence-electron chi connectivity index (χ0n) is 5.52. The molecule has 0 heterocycles. The molecule has 0 N–H and O–H groups in total. The van der Waals surface area contributed by atoms with Crippen molar-refractivity contribution in [3.05, 3.63) is 12.2 Å². The molecule has 0 saturated heterocycles. The monoisotopic (exact) mass is 124 g/mol. The van der Waals surface area contributed by atoms with E-state index in [1.165, 1.54) is 0 Å². The topological polar surface area (TPSA) is 34.1 Å². The average Bonchev–Trinajstić information content (AvgIpc) is 1.84. The van der Waals surface area contributed by atoms with Crippen LogP contribution in [0.25, 0.3) is 0 Å². The van der Waals surface area contributed by atoms with Gasteiger partial charge < -0.3 is 0 Å². The predicted octanol–water partition coefficient (Wildman–Crippen LogP) is 0.721. The summed E-state index contributed by atoms with van der Waals surface area (Å²) >= 11 is 0. The molecule has 0 bridgehead atoms. The van der Waals surface area contributed by atoms with Gasteiger partial charge in [0, 0.05) is 0 Å². The molecule has 0 aliphatic heterocycles. The molecule has 2 nitrogen and oxygen atoms in total. The number of carbonyl (C=O) groups excluding carboxylic acids is 2. The zero-order valence-corrected chi connectivity index (χ0v) is 5.52. The molecule has 0 radical (unpaired) electrons. The first-order chi connectivity index (χ1) is 3.98. The molecule has 1 fully saturated rings. The molecule has 1 aliphatic carbocycles. The molecule has 1 aliphatic rings. The Bertz CT molecular complexity index is 191. The summed E-state index contributed by atoms with van der Waals surface area (Å²) in [5, 5.41) is 0. The van der Waals surface area contributed by atoms with Crippen molar-refractivity contribution >= 4 is 11.6 Å². The number of ketones is 2. The Balaban J connectivity index is 2.99. The molecule has 0 spiro atoms. The summed E-state index contributed by atoms with van der Waals surface area (Å²) in [6, 6.07) is 0. The van der Waals surface area contributed by atoms with E-state index >= 15 is 0 Å². The van der Waals surface area contributed by atoms with Crippen molar-refractivity contribution < 1.29 is 9.59 Å². The van der Waals surface area contributed by atoms with Crippen LogP contribution in [0, 0.1) is 5.41 Å². The zero-order chi connectivity index (χ0) is 7.23. The van der Waals surface area contributed by atoms with Gasteiger partial charge in [0.25, 0.3) is 0 Å². The van der Waals surface area contributed by atoms with Crippen molar-refractivity contribution in [2.75, 3.05) is 0 Å². The number of Topliss-reactive ketones (excluding diaryl/α,β-unsaturated/α-hetero) is 2. The lowest BCUT2D eigenvalue weighted by Crippen LogP contribution is -2.48. The largest absolute Gasteiger partial charge is 0.293 e. The van der Waals surface area contributed by atoms with Gasteiger partial charge in [0.2, 0.25) is 0 Å². The van der Waals surface area contributed by atoms with E-state index in [2.05, 4.69) is 6.58 Å². The summed E-state index contributed by atoms with van der Waals surface area (Å²) in [6.07, 6.45) is 0. The van der Waals surface area contributed by atoms with Crippen LogP contribution in [0.5, 0.6) is 0 Å². The summed E-state index contributed by atoms with van der Waals surface area (Å²) in [6.45, 7) is 6.55. The van der Waals surface area contributed by atoms with Crippen LogP contribution in [-0.4, -0.2) is 11.6 Å². The number of carbonyl (C=O) groups is 2. The van der Waals surface area contributed by atoms with Crippen molar-refractivity contribution in [3.63, 3.8) is 0 Å². The fraction of sp³-hybridized carbons (Fsp3) is 0.429. The second-order valence-electron chi connectivity index (χ2n) is 2.76. The molecule has 1 saturated carbocycles. The first-order valence-corrected chi connectivity index (χ1v) is 2.76. The van der Waals surface area contributed by atoms with Gasteiger partial charge in [-0.05, 0) is 13.8 Å². The van der Waals surface area contributed by atoms with E-state index < -0.39 is 5.41 Å². The smallest absolute Gasteiger partial charge is 0.179 e. The first kappa shape index (κ1) is 6.20. The minimum absolute atomic E-state index is 0.118. The highest BCUT2D eigenvalue weighted by molar-refractivity contribution is 6.40. The lowest BCUT2D eigenvalue weighted by molar-refractivity contribution is -0.143. The molecule has 0 aromatic carbocycles. The van der Waals surface area contributed by atoms with E-state index in [0.29, 0.717) is 0 Å². The highest BCUT2D eigenvalue weighted by Gasteiger charge is 2.49. The van der Waals surface area contributed by atoms with Crippen LogP contribution in [0.4, 0.5) is 0 Å². The maximum absolute atomic E-state index is 10.8. The maximum Gasteiger partial charge on any atom is 0.179 e. The number of hydrogen-bond donors (Lipinski definition) is 0. The molecule has 0 atom stereocenters. The summed E-state index contributed by atoms with van der Waals surface area (Å²) in [5.74, 6) is -0.236. The minimum Gasteiger partial charge on any atom is -0.293 e. The Morgan fingerprint density at radius 3 is 1.67 bits per heavy atom. The highest BCUT2D eigenvalue weighted by Crippen LogP contribution is 2.35. The van der Waals surface area contributed by atoms with Gasteiger partial charge in [-0.25, -0.2) is 0 Å². The Morgan fingerprint density at radius 2 is 1.56 bits per heavy atom. The first-order valence-electron chi connectivity index (χ1n) is 2.76. The quantitative estimate of drug-likeness (QED) is 0.271. The Morgan fingerprint density at radius 1 is 1.22 bits per heavy atom. The fourth-order valence-corrected chi connectivity index (χ4v) is 0.898. The maximum atomic E-state index is 10.8. The second-order valence-corrected chi connectivity index (χ2v) is 2.76. The molecular weight excluding hydrogens is 116 g/mol. The van der Waals surface area contributed by atoms with E-state index in [0.717, 1.165) is 0 Å². The van der Waals surface area contributed by atoms with Crippen molar-refractivity contribution in [1.29, 1.82) is 0 Å². The Kier molecular flexibility index (Phi) is 0.910. The van der Waals surface area contributed by atoms with Gasteiger partial charge in [0.1, 0.15) is 0 Å². The van der Waals surface area contributed by atoms with E-state index in [-0.39, 0.29) is 17.1 Å². The van der Waals surface area contributed by atoms with Crippen LogP contribution >= 0.6 is 0 Å². The highest BCUT2D eigenvalue weighted by atomic mass is 16.2. The van der Waals surface area contributed by atoms with Gasteiger partial charge in [0.05, 0.1) is 11.0 Å². The van der Waals surface area contributed by atoms with Crippen LogP contribution in [0.15, 0.2) is 12.2 Å². The standard InChI is InChI=1S/C7H8O2/c1-4-5(8)7(2,3)6(4)9/h1H2,2-3H3. The third kappa shape index (κ3) is 0.502. The molecule has 0 aromatic rings. The molecule has 0 amide bonds. The van der Waals surface area contributed by atoms with Gasteiger partial charge in [-0.2, -0.15) is 0 Å². The molecule has 0 unspecified atom stereocenters. The summed E-state index contributed by atoms with van der Waals surface area (Å²) in [5.41, 5.74) is -0.614. The number of hydrogen-bond acceptors (Lipinski definition) is 2. The van der Waals surface area contributed by atoms with E-state index in [9.17, 15) is 9.59 Å². The summed E-state index contributed by atoms with van der Waals surface area (Å²) in [4.78, 5) is 21.5.